The van der Waals surface area contributed by atoms with Crippen molar-refractivity contribution in [3.8, 4) is 0 Å². The van der Waals surface area contributed by atoms with Crippen molar-refractivity contribution >= 4 is 17.7 Å². The Labute approximate surface area is 94.4 Å². The first-order chi connectivity index (χ1) is 7.26. The van der Waals surface area contributed by atoms with Gasteiger partial charge in [0.25, 0.3) is 0 Å². The lowest BCUT2D eigenvalue weighted by molar-refractivity contribution is -0.119. The van der Waals surface area contributed by atoms with Gasteiger partial charge in [0.05, 0.1) is 6.54 Å². The van der Waals surface area contributed by atoms with Crippen LogP contribution in [0.15, 0.2) is 29.2 Å². The van der Waals surface area contributed by atoms with Crippen molar-refractivity contribution in [3.63, 3.8) is 0 Å². The van der Waals surface area contributed by atoms with Crippen molar-refractivity contribution in [1.29, 1.82) is 0 Å². The number of amides is 1. The van der Waals surface area contributed by atoms with Crippen LogP contribution in [0.25, 0.3) is 0 Å². The molecule has 0 aliphatic heterocycles. The number of benzene rings is 1. The summed E-state index contributed by atoms with van der Waals surface area (Å²) in [6.07, 6.45) is 0. The Kier molecular flexibility index (Phi) is 5.21. The summed E-state index contributed by atoms with van der Waals surface area (Å²) in [4.78, 5) is 12.2. The lowest BCUT2D eigenvalue weighted by Crippen LogP contribution is -2.29. The monoisotopic (exact) mass is 224 g/mol. The minimum atomic E-state index is -0.123. The maximum atomic E-state index is 10.9. The van der Waals surface area contributed by atoms with Crippen molar-refractivity contribution in [1.82, 2.24) is 5.32 Å². The summed E-state index contributed by atoms with van der Waals surface area (Å²) < 4.78 is 0. The van der Waals surface area contributed by atoms with Gasteiger partial charge in [-0.25, -0.2) is 0 Å². The van der Waals surface area contributed by atoms with Crippen LogP contribution in [0.5, 0.6) is 0 Å². The first-order valence-electron chi connectivity index (χ1n) is 4.94. The van der Waals surface area contributed by atoms with Gasteiger partial charge >= 0.3 is 0 Å². The SMILES string of the molecule is CCSc1ccc(CNC(=O)CN)cc1. The van der Waals surface area contributed by atoms with Crippen LogP contribution in [0, 0.1) is 0 Å². The average molecular weight is 224 g/mol. The summed E-state index contributed by atoms with van der Waals surface area (Å²) in [5.41, 5.74) is 6.28. The molecule has 3 nitrogen and oxygen atoms in total. The highest BCUT2D eigenvalue weighted by Gasteiger charge is 1.98. The first-order valence-corrected chi connectivity index (χ1v) is 5.93. The van der Waals surface area contributed by atoms with Gasteiger partial charge in [-0.3, -0.25) is 4.79 Å². The number of carbonyl (C=O) groups excluding carboxylic acids is 1. The number of thioether (sulfide) groups is 1. The molecule has 3 N–H and O–H groups in total. The predicted molar refractivity (Wildman–Crippen MR) is 63.7 cm³/mol. The second kappa shape index (κ2) is 6.48. The molecule has 0 saturated heterocycles. The van der Waals surface area contributed by atoms with Crippen LogP contribution < -0.4 is 11.1 Å². The summed E-state index contributed by atoms with van der Waals surface area (Å²) in [6.45, 7) is 2.72. The molecule has 4 heteroatoms. The Morgan fingerprint density at radius 1 is 1.40 bits per heavy atom. The quantitative estimate of drug-likeness (QED) is 0.743. The van der Waals surface area contributed by atoms with Gasteiger partial charge in [0.15, 0.2) is 0 Å². The molecular weight excluding hydrogens is 208 g/mol. The largest absolute Gasteiger partial charge is 0.351 e. The summed E-state index contributed by atoms with van der Waals surface area (Å²) in [6, 6.07) is 8.18. The molecule has 15 heavy (non-hydrogen) atoms. The molecule has 0 heterocycles. The normalized spacial score (nSPS) is 10.0. The number of hydrogen-bond donors (Lipinski definition) is 2. The molecule has 1 aromatic rings. The minimum absolute atomic E-state index is 0.0454. The Bertz CT molecular complexity index is 311. The maximum Gasteiger partial charge on any atom is 0.234 e. The molecule has 1 rings (SSSR count). The van der Waals surface area contributed by atoms with E-state index in [2.05, 4.69) is 24.4 Å². The topological polar surface area (TPSA) is 55.1 Å². The van der Waals surface area contributed by atoms with Gasteiger partial charge in [0, 0.05) is 11.4 Å². The highest BCUT2D eigenvalue weighted by Crippen LogP contribution is 2.17. The Morgan fingerprint density at radius 2 is 2.07 bits per heavy atom. The Balaban J connectivity index is 2.45. The fraction of sp³-hybridized carbons (Fsp3) is 0.364. The van der Waals surface area contributed by atoms with E-state index in [4.69, 9.17) is 5.73 Å². The van der Waals surface area contributed by atoms with Crippen LogP contribution >= 0.6 is 11.8 Å². The second-order valence-electron chi connectivity index (χ2n) is 3.06. The minimum Gasteiger partial charge on any atom is -0.351 e. The zero-order chi connectivity index (χ0) is 11.1. The highest BCUT2D eigenvalue weighted by molar-refractivity contribution is 7.99. The number of nitrogens with two attached hydrogens (primary N) is 1. The van der Waals surface area contributed by atoms with E-state index < -0.39 is 0 Å². The molecule has 0 radical (unpaired) electrons. The maximum absolute atomic E-state index is 10.9. The predicted octanol–water partition coefficient (Wildman–Crippen LogP) is 1.37. The third-order valence-corrected chi connectivity index (χ3v) is 2.80. The average Bonchev–Trinajstić information content (AvgIpc) is 2.28. The molecule has 1 amide bonds. The van der Waals surface area contributed by atoms with Crippen LogP contribution in [-0.4, -0.2) is 18.2 Å². The van der Waals surface area contributed by atoms with E-state index >= 15 is 0 Å². The standard InChI is InChI=1S/C11H16N2OS/c1-2-15-10-5-3-9(4-6-10)8-13-11(14)7-12/h3-6H,2,7-8,12H2,1H3,(H,13,14). The van der Waals surface area contributed by atoms with E-state index in [1.165, 1.54) is 4.90 Å². The number of rotatable bonds is 5. The van der Waals surface area contributed by atoms with Crippen molar-refractivity contribution in [3.05, 3.63) is 29.8 Å². The smallest absolute Gasteiger partial charge is 0.234 e. The second-order valence-corrected chi connectivity index (χ2v) is 4.40. The Hall–Kier alpha value is -1.00. The van der Waals surface area contributed by atoms with Crippen molar-refractivity contribution in [2.45, 2.75) is 18.4 Å². The van der Waals surface area contributed by atoms with Crippen LogP contribution in [0.4, 0.5) is 0 Å². The van der Waals surface area contributed by atoms with Crippen molar-refractivity contribution in [2.75, 3.05) is 12.3 Å². The van der Waals surface area contributed by atoms with E-state index in [-0.39, 0.29) is 12.5 Å². The molecule has 0 spiro atoms. The van der Waals surface area contributed by atoms with Gasteiger partial charge in [-0.2, -0.15) is 0 Å². The number of nitrogens with one attached hydrogen (secondary N) is 1. The third-order valence-electron chi connectivity index (χ3n) is 1.91. The molecule has 0 bridgehead atoms. The molecule has 1 aromatic carbocycles. The van der Waals surface area contributed by atoms with Gasteiger partial charge in [0.2, 0.25) is 5.91 Å². The van der Waals surface area contributed by atoms with E-state index in [0.29, 0.717) is 6.54 Å². The van der Waals surface area contributed by atoms with Crippen LogP contribution in [0.3, 0.4) is 0 Å². The molecule has 0 fully saturated rings. The van der Waals surface area contributed by atoms with Crippen LogP contribution in [0.1, 0.15) is 12.5 Å². The summed E-state index contributed by atoms with van der Waals surface area (Å²) in [7, 11) is 0. The van der Waals surface area contributed by atoms with Gasteiger partial charge in [0.1, 0.15) is 0 Å². The van der Waals surface area contributed by atoms with Crippen LogP contribution in [-0.2, 0) is 11.3 Å². The zero-order valence-corrected chi connectivity index (χ0v) is 9.64. The van der Waals surface area contributed by atoms with Gasteiger partial charge in [-0.1, -0.05) is 19.1 Å². The van der Waals surface area contributed by atoms with Crippen molar-refractivity contribution in [2.24, 2.45) is 5.73 Å². The number of carbonyl (C=O) groups is 1. The van der Waals surface area contributed by atoms with Crippen molar-refractivity contribution < 1.29 is 4.79 Å². The third kappa shape index (κ3) is 4.36. The van der Waals surface area contributed by atoms with Crippen LogP contribution in [0.2, 0.25) is 0 Å². The lowest BCUT2D eigenvalue weighted by atomic mass is 10.2. The van der Waals surface area contributed by atoms with E-state index in [1.54, 1.807) is 11.8 Å². The highest BCUT2D eigenvalue weighted by atomic mass is 32.2. The summed E-state index contributed by atoms with van der Waals surface area (Å²) in [5, 5.41) is 2.73. The molecule has 0 atom stereocenters. The van der Waals surface area contributed by atoms with Gasteiger partial charge in [-0.05, 0) is 23.4 Å². The van der Waals surface area contributed by atoms with E-state index in [0.717, 1.165) is 11.3 Å². The van der Waals surface area contributed by atoms with E-state index in [9.17, 15) is 4.79 Å². The molecule has 0 aliphatic rings. The molecular formula is C11H16N2OS. The molecule has 82 valence electrons. The Morgan fingerprint density at radius 3 is 2.60 bits per heavy atom. The summed E-state index contributed by atoms with van der Waals surface area (Å²) >= 11 is 1.81. The molecule has 0 aliphatic carbocycles. The van der Waals surface area contributed by atoms with Gasteiger partial charge < -0.3 is 11.1 Å². The first kappa shape index (κ1) is 12.1. The fourth-order valence-electron chi connectivity index (χ4n) is 1.14. The fourth-order valence-corrected chi connectivity index (χ4v) is 1.80. The molecule has 0 aromatic heterocycles. The molecule has 0 unspecified atom stereocenters. The summed E-state index contributed by atoms with van der Waals surface area (Å²) in [5.74, 6) is 0.950. The lowest BCUT2D eigenvalue weighted by Gasteiger charge is -2.04. The molecule has 0 saturated carbocycles. The number of hydrogen-bond acceptors (Lipinski definition) is 3. The van der Waals surface area contributed by atoms with E-state index in [1.807, 2.05) is 12.1 Å². The zero-order valence-electron chi connectivity index (χ0n) is 8.82. The van der Waals surface area contributed by atoms with Gasteiger partial charge in [-0.15, -0.1) is 11.8 Å².